The topological polar surface area (TPSA) is 70.6 Å². The van der Waals surface area contributed by atoms with Gasteiger partial charge in [0, 0.05) is 54.4 Å². The molecule has 0 bridgehead atoms. The van der Waals surface area contributed by atoms with E-state index in [1.165, 1.54) is 6.07 Å². The Hall–Kier alpha value is -2.97. The number of anilines is 1. The van der Waals surface area contributed by atoms with Crippen LogP contribution in [0.4, 0.5) is 19.0 Å². The molecule has 0 aliphatic carbocycles. The summed E-state index contributed by atoms with van der Waals surface area (Å²) in [5.41, 5.74) is 2.56. The van der Waals surface area contributed by atoms with E-state index in [-0.39, 0.29) is 0 Å². The third-order valence-corrected chi connectivity index (χ3v) is 4.44. The molecule has 4 rings (SSSR count). The van der Waals surface area contributed by atoms with E-state index in [1.807, 2.05) is 0 Å². The largest absolute Gasteiger partial charge is 0.433 e. The Balaban J connectivity index is 1.70. The Morgan fingerprint density at radius 1 is 1.19 bits per heavy atom. The first-order chi connectivity index (χ1) is 12.4. The number of nitrogens with zero attached hydrogens (tertiary/aromatic N) is 5. The molecule has 4 heterocycles. The first-order valence-electron chi connectivity index (χ1n) is 8.06. The second-order valence-electron chi connectivity index (χ2n) is 6.09. The van der Waals surface area contributed by atoms with Crippen LogP contribution in [0.15, 0.2) is 30.7 Å². The Morgan fingerprint density at radius 3 is 2.73 bits per heavy atom. The number of halogens is 3. The number of hydrogen-bond donors (Lipinski definition) is 1. The fraction of sp³-hybridized carbons (Fsp3) is 0.294. The molecule has 0 unspecified atom stereocenters. The normalized spacial score (nSPS) is 14.4. The van der Waals surface area contributed by atoms with Crippen molar-refractivity contribution in [2.75, 3.05) is 11.4 Å². The van der Waals surface area contributed by atoms with Gasteiger partial charge in [0.05, 0.1) is 11.9 Å². The van der Waals surface area contributed by atoms with Gasteiger partial charge in [-0.05, 0) is 19.1 Å². The van der Waals surface area contributed by atoms with E-state index in [1.54, 1.807) is 25.5 Å². The van der Waals surface area contributed by atoms with Crippen molar-refractivity contribution in [3.8, 4) is 11.3 Å². The summed E-state index contributed by atoms with van der Waals surface area (Å²) in [6.45, 7) is 2.88. The van der Waals surface area contributed by atoms with Gasteiger partial charge in [0.25, 0.3) is 0 Å². The molecule has 0 radical (unpaired) electrons. The standard InChI is InChI=1S/C17H15F3N6/c1-10-11(2-3-14(23-10)17(18,19)20)16-12-9-26(7-4-13(12)24-25-16)15-8-21-5-6-22-15/h2-3,5-6,8H,4,7,9H2,1H3,(H,24,25). The zero-order chi connectivity index (χ0) is 18.3. The van der Waals surface area contributed by atoms with Crippen molar-refractivity contribution in [1.29, 1.82) is 0 Å². The summed E-state index contributed by atoms with van der Waals surface area (Å²) in [5.74, 6) is 0.757. The maximum Gasteiger partial charge on any atom is 0.433 e. The van der Waals surface area contributed by atoms with Crippen molar-refractivity contribution in [3.05, 3.63) is 53.4 Å². The fourth-order valence-corrected chi connectivity index (χ4v) is 3.14. The van der Waals surface area contributed by atoms with Crippen molar-refractivity contribution >= 4 is 5.82 Å². The molecule has 0 amide bonds. The lowest BCUT2D eigenvalue weighted by atomic mass is 10.00. The summed E-state index contributed by atoms with van der Waals surface area (Å²) in [4.78, 5) is 14.2. The average Bonchev–Trinajstić information content (AvgIpc) is 3.04. The lowest BCUT2D eigenvalue weighted by Gasteiger charge is -2.27. The summed E-state index contributed by atoms with van der Waals surface area (Å²) in [6, 6.07) is 2.43. The van der Waals surface area contributed by atoms with Crippen LogP contribution in [0.2, 0.25) is 0 Å². The van der Waals surface area contributed by atoms with Crippen LogP contribution < -0.4 is 4.90 Å². The molecule has 1 aliphatic heterocycles. The van der Waals surface area contributed by atoms with Crippen molar-refractivity contribution in [2.24, 2.45) is 0 Å². The highest BCUT2D eigenvalue weighted by molar-refractivity contribution is 5.67. The molecule has 3 aromatic rings. The van der Waals surface area contributed by atoms with E-state index in [2.05, 4.69) is 30.0 Å². The SMILES string of the molecule is Cc1nc(C(F)(F)F)ccc1-c1n[nH]c2c1CN(c1cnccn1)CC2. The summed E-state index contributed by atoms with van der Waals surface area (Å²) >= 11 is 0. The first kappa shape index (κ1) is 16.5. The van der Waals surface area contributed by atoms with Gasteiger partial charge in [0.2, 0.25) is 0 Å². The van der Waals surface area contributed by atoms with E-state index in [0.717, 1.165) is 36.1 Å². The van der Waals surface area contributed by atoms with Crippen LogP contribution in [0, 0.1) is 6.92 Å². The molecule has 0 saturated heterocycles. The quantitative estimate of drug-likeness (QED) is 0.760. The first-order valence-corrected chi connectivity index (χ1v) is 8.06. The molecule has 0 aromatic carbocycles. The molecular formula is C17H15F3N6. The van der Waals surface area contributed by atoms with Crippen LogP contribution in [0.25, 0.3) is 11.3 Å². The average molecular weight is 360 g/mol. The number of hydrogen-bond acceptors (Lipinski definition) is 5. The van der Waals surface area contributed by atoms with Crippen LogP contribution in [-0.2, 0) is 19.1 Å². The third kappa shape index (κ3) is 2.89. The zero-order valence-electron chi connectivity index (χ0n) is 13.9. The van der Waals surface area contributed by atoms with E-state index in [0.29, 0.717) is 23.5 Å². The number of aromatic amines is 1. The smallest absolute Gasteiger partial charge is 0.350 e. The van der Waals surface area contributed by atoms with Crippen molar-refractivity contribution in [1.82, 2.24) is 25.1 Å². The van der Waals surface area contributed by atoms with Gasteiger partial charge in [0.1, 0.15) is 11.5 Å². The monoisotopic (exact) mass is 360 g/mol. The maximum atomic E-state index is 12.9. The number of aromatic nitrogens is 5. The molecular weight excluding hydrogens is 345 g/mol. The van der Waals surface area contributed by atoms with Gasteiger partial charge in [-0.15, -0.1) is 0 Å². The molecule has 0 fully saturated rings. The Labute approximate surface area is 147 Å². The van der Waals surface area contributed by atoms with E-state index < -0.39 is 11.9 Å². The molecule has 134 valence electrons. The van der Waals surface area contributed by atoms with Gasteiger partial charge in [-0.1, -0.05) is 0 Å². The van der Waals surface area contributed by atoms with Crippen LogP contribution >= 0.6 is 0 Å². The van der Waals surface area contributed by atoms with Gasteiger partial charge in [0.15, 0.2) is 0 Å². The Morgan fingerprint density at radius 2 is 2.04 bits per heavy atom. The zero-order valence-corrected chi connectivity index (χ0v) is 13.9. The molecule has 26 heavy (non-hydrogen) atoms. The second kappa shape index (κ2) is 6.08. The summed E-state index contributed by atoms with van der Waals surface area (Å²) in [6.07, 6.45) is 1.21. The molecule has 9 heteroatoms. The fourth-order valence-electron chi connectivity index (χ4n) is 3.14. The summed E-state index contributed by atoms with van der Waals surface area (Å²) < 4.78 is 38.6. The van der Waals surface area contributed by atoms with Crippen molar-refractivity contribution in [3.63, 3.8) is 0 Å². The summed E-state index contributed by atoms with van der Waals surface area (Å²) in [7, 11) is 0. The number of alkyl halides is 3. The number of nitrogens with one attached hydrogen (secondary N) is 1. The van der Waals surface area contributed by atoms with Crippen LogP contribution in [-0.4, -0.2) is 31.7 Å². The van der Waals surface area contributed by atoms with Crippen LogP contribution in [0.1, 0.15) is 22.6 Å². The molecule has 1 aliphatic rings. The number of H-pyrrole nitrogens is 1. The molecule has 0 spiro atoms. The van der Waals surface area contributed by atoms with Gasteiger partial charge < -0.3 is 4.90 Å². The van der Waals surface area contributed by atoms with Crippen LogP contribution in [0.3, 0.4) is 0 Å². The van der Waals surface area contributed by atoms with Gasteiger partial charge in [-0.2, -0.15) is 18.3 Å². The number of fused-ring (bicyclic) bond motifs is 1. The molecule has 0 atom stereocenters. The van der Waals surface area contributed by atoms with E-state index in [4.69, 9.17) is 0 Å². The second-order valence-corrected chi connectivity index (χ2v) is 6.09. The number of rotatable bonds is 2. The minimum absolute atomic E-state index is 0.297. The highest BCUT2D eigenvalue weighted by Crippen LogP contribution is 2.34. The predicted octanol–water partition coefficient (Wildman–Crippen LogP) is 3.15. The molecule has 3 aromatic heterocycles. The minimum atomic E-state index is -4.46. The summed E-state index contributed by atoms with van der Waals surface area (Å²) in [5, 5.41) is 7.35. The van der Waals surface area contributed by atoms with Gasteiger partial charge in [-0.3, -0.25) is 10.1 Å². The van der Waals surface area contributed by atoms with Crippen LogP contribution in [0.5, 0.6) is 0 Å². The molecule has 1 N–H and O–H groups in total. The van der Waals surface area contributed by atoms with E-state index in [9.17, 15) is 13.2 Å². The van der Waals surface area contributed by atoms with E-state index >= 15 is 0 Å². The maximum absolute atomic E-state index is 12.9. The Bertz CT molecular complexity index is 935. The Kier molecular flexibility index (Phi) is 3.86. The number of pyridine rings is 1. The molecule has 6 nitrogen and oxygen atoms in total. The lowest BCUT2D eigenvalue weighted by Crippen LogP contribution is -2.31. The third-order valence-electron chi connectivity index (χ3n) is 4.44. The number of aryl methyl sites for hydroxylation is 1. The predicted molar refractivity (Wildman–Crippen MR) is 88.3 cm³/mol. The van der Waals surface area contributed by atoms with Crippen molar-refractivity contribution in [2.45, 2.75) is 26.1 Å². The minimum Gasteiger partial charge on any atom is -0.350 e. The van der Waals surface area contributed by atoms with Crippen molar-refractivity contribution < 1.29 is 13.2 Å². The highest BCUT2D eigenvalue weighted by atomic mass is 19.4. The van der Waals surface area contributed by atoms with Gasteiger partial charge in [-0.25, -0.2) is 9.97 Å². The molecule has 0 saturated carbocycles. The highest BCUT2D eigenvalue weighted by Gasteiger charge is 2.33. The lowest BCUT2D eigenvalue weighted by molar-refractivity contribution is -0.141. The van der Waals surface area contributed by atoms with Gasteiger partial charge >= 0.3 is 6.18 Å².